The van der Waals surface area contributed by atoms with E-state index < -0.39 is 21.9 Å². The predicted molar refractivity (Wildman–Crippen MR) is 58.0 cm³/mol. The van der Waals surface area contributed by atoms with Crippen LogP contribution in [0.15, 0.2) is 18.2 Å². The van der Waals surface area contributed by atoms with Crippen molar-refractivity contribution in [2.45, 2.75) is 18.2 Å². The fourth-order valence-electron chi connectivity index (χ4n) is 0.864. The molecule has 0 unspecified atom stereocenters. The number of benzene rings is 1. The molecular weight excluding hydrogens is 268 g/mol. The number of nitrogens with one attached hydrogen (secondary N) is 1. The number of hydrogen-bond acceptors (Lipinski definition) is 1. The highest BCUT2D eigenvalue weighted by molar-refractivity contribution is 9.10. The zero-order valence-electron chi connectivity index (χ0n) is 8.27. The molecular formula is C10H10BrF2NO. The molecule has 0 fully saturated rings. The van der Waals surface area contributed by atoms with Gasteiger partial charge in [-0.2, -0.15) is 0 Å². The lowest BCUT2D eigenvalue weighted by molar-refractivity contribution is -0.117. The second-order valence-electron chi connectivity index (χ2n) is 3.55. The van der Waals surface area contributed by atoms with Crippen LogP contribution < -0.4 is 5.32 Å². The van der Waals surface area contributed by atoms with Gasteiger partial charge in [0.25, 0.3) is 0 Å². The van der Waals surface area contributed by atoms with E-state index in [2.05, 4.69) is 21.2 Å². The Morgan fingerprint density at radius 2 is 2.00 bits per heavy atom. The van der Waals surface area contributed by atoms with E-state index in [1.165, 1.54) is 0 Å². The third-order valence-electron chi connectivity index (χ3n) is 1.72. The number of halogens is 3. The van der Waals surface area contributed by atoms with Crippen molar-refractivity contribution in [2.24, 2.45) is 0 Å². The molecule has 0 aliphatic heterocycles. The zero-order valence-corrected chi connectivity index (χ0v) is 9.86. The summed E-state index contributed by atoms with van der Waals surface area (Å²) in [6.45, 7) is 3.22. The van der Waals surface area contributed by atoms with E-state index in [1.807, 2.05) is 0 Å². The number of rotatable bonds is 2. The third-order valence-corrected chi connectivity index (χ3v) is 2.08. The molecule has 0 saturated carbocycles. The highest BCUT2D eigenvalue weighted by Gasteiger charge is 2.24. The number of carbonyl (C=O) groups is 1. The Kier molecular flexibility index (Phi) is 3.44. The summed E-state index contributed by atoms with van der Waals surface area (Å²) in [6.07, 6.45) is 0. The largest absolute Gasteiger partial charge is 0.322 e. The third kappa shape index (κ3) is 3.27. The first kappa shape index (κ1) is 12.1. The van der Waals surface area contributed by atoms with Gasteiger partial charge in [-0.1, -0.05) is 15.9 Å². The average molecular weight is 278 g/mol. The van der Waals surface area contributed by atoms with Crippen molar-refractivity contribution in [2.75, 3.05) is 5.32 Å². The lowest BCUT2D eigenvalue weighted by Gasteiger charge is -2.16. The molecule has 0 atom stereocenters. The van der Waals surface area contributed by atoms with Crippen LogP contribution in [0.5, 0.6) is 0 Å². The molecule has 0 aromatic heterocycles. The summed E-state index contributed by atoms with van der Waals surface area (Å²) in [5, 5.41) is 2.29. The first-order chi connectivity index (χ1) is 6.80. The smallest absolute Gasteiger partial charge is 0.240 e. The Morgan fingerprint density at radius 3 is 2.53 bits per heavy atom. The van der Waals surface area contributed by atoms with Crippen LogP contribution in [-0.2, 0) is 4.79 Å². The van der Waals surface area contributed by atoms with Gasteiger partial charge < -0.3 is 5.32 Å². The molecule has 0 saturated heterocycles. The van der Waals surface area contributed by atoms with Gasteiger partial charge in [-0.3, -0.25) is 4.79 Å². The minimum atomic E-state index is -0.828. The predicted octanol–water partition coefficient (Wildman–Crippen LogP) is 3.08. The van der Waals surface area contributed by atoms with Crippen LogP contribution in [0.3, 0.4) is 0 Å². The quantitative estimate of drug-likeness (QED) is 0.827. The highest BCUT2D eigenvalue weighted by Crippen LogP contribution is 2.21. The van der Waals surface area contributed by atoms with E-state index in [1.54, 1.807) is 13.8 Å². The van der Waals surface area contributed by atoms with E-state index in [-0.39, 0.29) is 5.69 Å². The number of anilines is 1. The SMILES string of the molecule is CC(C)(Br)C(=O)Nc1cc(F)ccc1F. The molecule has 0 bridgehead atoms. The topological polar surface area (TPSA) is 29.1 Å². The Labute approximate surface area is 94.8 Å². The van der Waals surface area contributed by atoms with Crippen LogP contribution in [0.4, 0.5) is 14.5 Å². The summed E-state index contributed by atoms with van der Waals surface area (Å²) in [5.74, 6) is -1.70. The van der Waals surface area contributed by atoms with Crippen LogP contribution in [0.2, 0.25) is 0 Å². The maximum Gasteiger partial charge on any atom is 0.240 e. The number of carbonyl (C=O) groups excluding carboxylic acids is 1. The van der Waals surface area contributed by atoms with Crippen LogP contribution >= 0.6 is 15.9 Å². The van der Waals surface area contributed by atoms with E-state index in [9.17, 15) is 13.6 Å². The standard InChI is InChI=1S/C10H10BrF2NO/c1-10(2,11)9(15)14-8-5-6(12)3-4-7(8)13/h3-5H,1-2H3,(H,14,15). The van der Waals surface area contributed by atoms with Gasteiger partial charge in [-0.05, 0) is 26.0 Å². The van der Waals surface area contributed by atoms with Crippen molar-refractivity contribution in [1.82, 2.24) is 0 Å². The van der Waals surface area contributed by atoms with Crippen molar-refractivity contribution < 1.29 is 13.6 Å². The molecule has 1 aromatic carbocycles. The van der Waals surface area contributed by atoms with Gasteiger partial charge >= 0.3 is 0 Å². The first-order valence-corrected chi connectivity index (χ1v) is 5.05. The van der Waals surface area contributed by atoms with E-state index in [4.69, 9.17) is 0 Å². The van der Waals surface area contributed by atoms with Gasteiger partial charge in [-0.15, -0.1) is 0 Å². The van der Waals surface area contributed by atoms with E-state index in [0.717, 1.165) is 18.2 Å². The zero-order chi connectivity index (χ0) is 11.6. The van der Waals surface area contributed by atoms with Gasteiger partial charge in [0.1, 0.15) is 11.6 Å². The molecule has 1 aromatic rings. The number of amides is 1. The van der Waals surface area contributed by atoms with Gasteiger partial charge in [0, 0.05) is 6.07 Å². The van der Waals surface area contributed by atoms with Gasteiger partial charge in [0.15, 0.2) is 0 Å². The molecule has 0 spiro atoms. The van der Waals surface area contributed by atoms with Crippen LogP contribution in [0.25, 0.3) is 0 Å². The molecule has 2 nitrogen and oxygen atoms in total. The minimum absolute atomic E-state index is 0.160. The molecule has 0 aliphatic carbocycles. The van der Waals surface area contributed by atoms with Gasteiger partial charge in [0.05, 0.1) is 10.0 Å². The second-order valence-corrected chi connectivity index (χ2v) is 5.53. The minimum Gasteiger partial charge on any atom is -0.322 e. The van der Waals surface area contributed by atoms with E-state index >= 15 is 0 Å². The molecule has 5 heteroatoms. The number of hydrogen-bond donors (Lipinski definition) is 1. The lowest BCUT2D eigenvalue weighted by Crippen LogP contribution is -2.31. The second kappa shape index (κ2) is 4.26. The average Bonchev–Trinajstić information content (AvgIpc) is 2.09. The van der Waals surface area contributed by atoms with Crippen LogP contribution in [-0.4, -0.2) is 10.2 Å². The van der Waals surface area contributed by atoms with Crippen molar-refractivity contribution in [1.29, 1.82) is 0 Å². The summed E-state index contributed by atoms with van der Waals surface area (Å²) in [4.78, 5) is 11.5. The van der Waals surface area contributed by atoms with E-state index in [0.29, 0.717) is 0 Å². The Balaban J connectivity index is 2.90. The molecule has 82 valence electrons. The summed E-state index contributed by atoms with van der Waals surface area (Å²) in [7, 11) is 0. The lowest BCUT2D eigenvalue weighted by atomic mass is 10.2. The molecule has 1 amide bonds. The van der Waals surface area contributed by atoms with Crippen molar-refractivity contribution in [3.63, 3.8) is 0 Å². The fourth-order valence-corrected chi connectivity index (χ4v) is 0.963. The molecule has 15 heavy (non-hydrogen) atoms. The van der Waals surface area contributed by atoms with Crippen molar-refractivity contribution in [3.05, 3.63) is 29.8 Å². The summed E-state index contributed by atoms with van der Waals surface area (Å²) >= 11 is 3.12. The molecule has 0 heterocycles. The maximum absolute atomic E-state index is 13.1. The first-order valence-electron chi connectivity index (χ1n) is 4.26. The summed E-state index contributed by atoms with van der Waals surface area (Å²) < 4.78 is 25.1. The molecule has 1 rings (SSSR count). The highest BCUT2D eigenvalue weighted by atomic mass is 79.9. The van der Waals surface area contributed by atoms with Crippen LogP contribution in [0, 0.1) is 11.6 Å². The van der Waals surface area contributed by atoms with Crippen molar-refractivity contribution >= 4 is 27.5 Å². The Morgan fingerprint density at radius 1 is 1.40 bits per heavy atom. The summed E-state index contributed by atoms with van der Waals surface area (Å²) in [5.41, 5.74) is -0.160. The van der Waals surface area contributed by atoms with Gasteiger partial charge in [-0.25, -0.2) is 8.78 Å². The normalized spacial score (nSPS) is 11.3. The van der Waals surface area contributed by atoms with Crippen molar-refractivity contribution in [3.8, 4) is 0 Å². The molecule has 1 N–H and O–H groups in total. The Hall–Kier alpha value is -0.970. The number of alkyl halides is 1. The van der Waals surface area contributed by atoms with Gasteiger partial charge in [0.2, 0.25) is 5.91 Å². The Bertz CT molecular complexity index is 387. The summed E-state index contributed by atoms with van der Waals surface area (Å²) in [6, 6.07) is 2.89. The monoisotopic (exact) mass is 277 g/mol. The maximum atomic E-state index is 13.1. The fraction of sp³-hybridized carbons (Fsp3) is 0.300. The molecule has 0 aliphatic rings. The molecule has 0 radical (unpaired) electrons. The van der Waals surface area contributed by atoms with Crippen LogP contribution in [0.1, 0.15) is 13.8 Å².